The van der Waals surface area contributed by atoms with Crippen LogP contribution in [-0.4, -0.2) is 18.4 Å². The SMILES string of the molecule is C=C(CC(=O)NCC(C)C)NNC(=O)CCCC. The van der Waals surface area contributed by atoms with Crippen LogP contribution in [0.1, 0.15) is 46.5 Å². The van der Waals surface area contributed by atoms with Gasteiger partial charge in [0.05, 0.1) is 6.42 Å². The number of carbonyl (C=O) groups is 2. The molecule has 0 aromatic carbocycles. The molecule has 0 aromatic rings. The van der Waals surface area contributed by atoms with Gasteiger partial charge in [-0.3, -0.25) is 15.0 Å². The normalized spacial score (nSPS) is 10.0. The van der Waals surface area contributed by atoms with E-state index in [1.165, 1.54) is 0 Å². The van der Waals surface area contributed by atoms with Crippen molar-refractivity contribution in [3.63, 3.8) is 0 Å². The van der Waals surface area contributed by atoms with Gasteiger partial charge in [-0.15, -0.1) is 0 Å². The molecule has 0 rings (SSSR count). The zero-order chi connectivity index (χ0) is 14.0. The second kappa shape index (κ2) is 9.50. The number of rotatable bonds is 9. The molecule has 0 bridgehead atoms. The van der Waals surface area contributed by atoms with Crippen molar-refractivity contribution in [2.24, 2.45) is 5.92 Å². The monoisotopic (exact) mass is 255 g/mol. The van der Waals surface area contributed by atoms with Crippen LogP contribution in [0.2, 0.25) is 0 Å². The second-order valence-electron chi connectivity index (χ2n) is 4.75. The van der Waals surface area contributed by atoms with Gasteiger partial charge in [-0.25, -0.2) is 0 Å². The Labute approximate surface area is 109 Å². The van der Waals surface area contributed by atoms with Gasteiger partial charge in [0.15, 0.2) is 0 Å². The first-order chi connectivity index (χ1) is 8.45. The van der Waals surface area contributed by atoms with Gasteiger partial charge in [0.1, 0.15) is 0 Å². The first-order valence-corrected chi connectivity index (χ1v) is 6.45. The second-order valence-corrected chi connectivity index (χ2v) is 4.75. The molecule has 0 heterocycles. The maximum atomic E-state index is 11.4. The molecule has 0 aliphatic rings. The summed E-state index contributed by atoms with van der Waals surface area (Å²) in [5.41, 5.74) is 5.66. The molecule has 0 radical (unpaired) electrons. The molecule has 0 saturated heterocycles. The molecule has 2 amide bonds. The first-order valence-electron chi connectivity index (χ1n) is 6.45. The predicted octanol–water partition coefficient (Wildman–Crippen LogP) is 1.47. The van der Waals surface area contributed by atoms with E-state index in [1.54, 1.807) is 0 Å². The molecule has 0 atom stereocenters. The van der Waals surface area contributed by atoms with Gasteiger partial charge in [0.2, 0.25) is 11.8 Å². The number of hydrazine groups is 1. The van der Waals surface area contributed by atoms with Crippen molar-refractivity contribution in [3.05, 3.63) is 12.3 Å². The zero-order valence-electron chi connectivity index (χ0n) is 11.6. The van der Waals surface area contributed by atoms with Gasteiger partial charge in [-0.1, -0.05) is 33.8 Å². The molecule has 0 unspecified atom stereocenters. The Morgan fingerprint density at radius 3 is 2.39 bits per heavy atom. The van der Waals surface area contributed by atoms with E-state index in [0.717, 1.165) is 12.8 Å². The van der Waals surface area contributed by atoms with Crippen molar-refractivity contribution >= 4 is 11.8 Å². The van der Waals surface area contributed by atoms with Gasteiger partial charge in [0.25, 0.3) is 0 Å². The van der Waals surface area contributed by atoms with Crippen molar-refractivity contribution in [2.75, 3.05) is 6.54 Å². The third-order valence-corrected chi connectivity index (χ3v) is 2.22. The Hall–Kier alpha value is -1.52. The standard InChI is InChI=1S/C13H25N3O2/c1-5-6-7-12(17)16-15-11(4)8-13(18)14-9-10(2)3/h10,15H,4-9H2,1-3H3,(H,14,18)(H,16,17). The average molecular weight is 255 g/mol. The van der Waals surface area contributed by atoms with Crippen LogP contribution in [0.4, 0.5) is 0 Å². The van der Waals surface area contributed by atoms with Crippen molar-refractivity contribution in [2.45, 2.75) is 46.5 Å². The molecule has 0 aromatic heterocycles. The molecule has 0 aliphatic heterocycles. The minimum absolute atomic E-state index is 0.0828. The van der Waals surface area contributed by atoms with E-state index in [9.17, 15) is 9.59 Å². The Bertz CT molecular complexity index is 288. The number of nitrogens with one attached hydrogen (secondary N) is 3. The van der Waals surface area contributed by atoms with Crippen LogP contribution in [0.3, 0.4) is 0 Å². The molecule has 3 N–H and O–H groups in total. The van der Waals surface area contributed by atoms with E-state index in [4.69, 9.17) is 0 Å². The quantitative estimate of drug-likeness (QED) is 0.546. The highest BCUT2D eigenvalue weighted by Crippen LogP contribution is 1.95. The van der Waals surface area contributed by atoms with Gasteiger partial charge in [0, 0.05) is 18.7 Å². The molecule has 0 saturated carbocycles. The lowest BCUT2D eigenvalue weighted by Crippen LogP contribution is -2.38. The minimum Gasteiger partial charge on any atom is -0.356 e. The van der Waals surface area contributed by atoms with E-state index in [2.05, 4.69) is 22.7 Å². The molecule has 0 aliphatic carbocycles. The summed E-state index contributed by atoms with van der Waals surface area (Å²) in [6, 6.07) is 0. The van der Waals surface area contributed by atoms with E-state index in [0.29, 0.717) is 24.6 Å². The number of unbranched alkanes of at least 4 members (excludes halogenated alkanes) is 1. The van der Waals surface area contributed by atoms with Crippen molar-refractivity contribution in [3.8, 4) is 0 Å². The number of amides is 2. The summed E-state index contributed by atoms with van der Waals surface area (Å²) in [6.07, 6.45) is 2.48. The smallest absolute Gasteiger partial charge is 0.238 e. The van der Waals surface area contributed by atoms with Crippen LogP contribution >= 0.6 is 0 Å². The molecular formula is C13H25N3O2. The topological polar surface area (TPSA) is 70.2 Å². The van der Waals surface area contributed by atoms with Crippen LogP contribution < -0.4 is 16.2 Å². The predicted molar refractivity (Wildman–Crippen MR) is 72.4 cm³/mol. The minimum atomic E-state index is -0.0935. The summed E-state index contributed by atoms with van der Waals surface area (Å²) >= 11 is 0. The summed E-state index contributed by atoms with van der Waals surface area (Å²) in [5, 5.41) is 2.78. The summed E-state index contributed by atoms with van der Waals surface area (Å²) in [6.45, 7) is 10.4. The van der Waals surface area contributed by atoms with Gasteiger partial charge >= 0.3 is 0 Å². The Morgan fingerprint density at radius 2 is 1.83 bits per heavy atom. The number of hydrogen-bond acceptors (Lipinski definition) is 3. The summed E-state index contributed by atoms with van der Waals surface area (Å²) < 4.78 is 0. The van der Waals surface area contributed by atoms with Gasteiger partial charge < -0.3 is 10.7 Å². The summed E-state index contributed by atoms with van der Waals surface area (Å²) in [5.74, 6) is 0.244. The van der Waals surface area contributed by atoms with Crippen LogP contribution in [0, 0.1) is 5.92 Å². The lowest BCUT2D eigenvalue weighted by Gasteiger charge is -2.12. The van der Waals surface area contributed by atoms with Gasteiger partial charge in [-0.2, -0.15) is 0 Å². The molecular weight excluding hydrogens is 230 g/mol. The third kappa shape index (κ3) is 9.69. The van der Waals surface area contributed by atoms with E-state index in [1.807, 2.05) is 20.8 Å². The molecule has 5 heteroatoms. The van der Waals surface area contributed by atoms with Crippen molar-refractivity contribution in [1.82, 2.24) is 16.2 Å². The fourth-order valence-corrected chi connectivity index (χ4v) is 1.18. The highest BCUT2D eigenvalue weighted by atomic mass is 16.2. The molecule has 18 heavy (non-hydrogen) atoms. The largest absolute Gasteiger partial charge is 0.356 e. The number of hydrogen-bond donors (Lipinski definition) is 3. The Balaban J connectivity index is 3.70. The molecule has 104 valence electrons. The third-order valence-electron chi connectivity index (χ3n) is 2.22. The Morgan fingerprint density at radius 1 is 1.17 bits per heavy atom. The van der Waals surface area contributed by atoms with Crippen LogP contribution in [0.5, 0.6) is 0 Å². The van der Waals surface area contributed by atoms with Crippen molar-refractivity contribution < 1.29 is 9.59 Å². The van der Waals surface area contributed by atoms with E-state index >= 15 is 0 Å². The van der Waals surface area contributed by atoms with Gasteiger partial charge in [-0.05, 0) is 12.3 Å². The summed E-state index contributed by atoms with van der Waals surface area (Å²) in [4.78, 5) is 22.7. The molecule has 5 nitrogen and oxygen atoms in total. The molecule has 0 spiro atoms. The van der Waals surface area contributed by atoms with E-state index in [-0.39, 0.29) is 18.2 Å². The maximum Gasteiger partial charge on any atom is 0.238 e. The highest BCUT2D eigenvalue weighted by molar-refractivity contribution is 5.78. The van der Waals surface area contributed by atoms with Crippen LogP contribution in [-0.2, 0) is 9.59 Å². The number of carbonyl (C=O) groups excluding carboxylic acids is 2. The zero-order valence-corrected chi connectivity index (χ0v) is 11.6. The Kier molecular flexibility index (Phi) is 8.70. The van der Waals surface area contributed by atoms with Crippen LogP contribution in [0.15, 0.2) is 12.3 Å². The van der Waals surface area contributed by atoms with E-state index < -0.39 is 0 Å². The maximum absolute atomic E-state index is 11.4. The first kappa shape index (κ1) is 16.5. The fraction of sp³-hybridized carbons (Fsp3) is 0.692. The molecule has 0 fully saturated rings. The van der Waals surface area contributed by atoms with Crippen molar-refractivity contribution in [1.29, 1.82) is 0 Å². The average Bonchev–Trinajstić information content (AvgIpc) is 2.31. The lowest BCUT2D eigenvalue weighted by molar-refractivity contribution is -0.123. The highest BCUT2D eigenvalue weighted by Gasteiger charge is 2.05. The van der Waals surface area contributed by atoms with Crippen LogP contribution in [0.25, 0.3) is 0 Å². The fourth-order valence-electron chi connectivity index (χ4n) is 1.18. The summed E-state index contributed by atoms with van der Waals surface area (Å²) in [7, 11) is 0. The lowest BCUT2D eigenvalue weighted by atomic mass is 10.2.